The van der Waals surface area contributed by atoms with Crippen LogP contribution in [0.1, 0.15) is 5.56 Å². The summed E-state index contributed by atoms with van der Waals surface area (Å²) in [7, 11) is -5.53. The van der Waals surface area contributed by atoms with Crippen LogP contribution in [0.3, 0.4) is 0 Å². The van der Waals surface area contributed by atoms with Gasteiger partial charge in [0.05, 0.1) is 4.48 Å². The first kappa shape index (κ1) is 11.9. The lowest BCUT2D eigenvalue weighted by atomic mass is 10.3. The van der Waals surface area contributed by atoms with Crippen LogP contribution >= 0.6 is 0 Å². The molecular formula is C6H3F4NO3S. The normalized spacial score (nSPS) is 12.9. The molecule has 1 heterocycles. The molecule has 0 atom stereocenters. The maximum absolute atomic E-state index is 12.7. The highest BCUT2D eigenvalue weighted by Gasteiger charge is 2.41. The van der Waals surface area contributed by atoms with Crippen LogP contribution in [0.25, 0.3) is 0 Å². The number of hydrogen-bond donors (Lipinski definition) is 0. The largest absolute Gasteiger partial charge is 0.739 e. The zero-order valence-electron chi connectivity index (χ0n) is 6.82. The number of nitrogens with zero attached hydrogens (tertiary/aromatic N) is 1. The van der Waals surface area contributed by atoms with Gasteiger partial charge in [0.15, 0.2) is 10.1 Å². The van der Waals surface area contributed by atoms with Crippen LogP contribution in [0.5, 0.6) is 0 Å². The van der Waals surface area contributed by atoms with Gasteiger partial charge in [-0.05, 0) is 6.07 Å². The van der Waals surface area contributed by atoms with Gasteiger partial charge < -0.3 is 4.55 Å². The van der Waals surface area contributed by atoms with E-state index in [1.54, 1.807) is 0 Å². The van der Waals surface area contributed by atoms with Crippen molar-refractivity contribution in [3.63, 3.8) is 0 Å². The SMILES string of the molecule is O=S(=O)([O-])c1c(C(F)(F)F)ccc[n+]1F. The van der Waals surface area contributed by atoms with E-state index >= 15 is 0 Å². The second-order valence-electron chi connectivity index (χ2n) is 2.49. The Bertz CT molecular complexity index is 482. The van der Waals surface area contributed by atoms with Crippen molar-refractivity contribution in [3.05, 3.63) is 23.9 Å². The summed E-state index contributed by atoms with van der Waals surface area (Å²) >= 11 is 0. The first-order valence-corrected chi connectivity index (χ1v) is 4.79. The summed E-state index contributed by atoms with van der Waals surface area (Å²) in [5, 5.41) is -1.95. The van der Waals surface area contributed by atoms with E-state index in [4.69, 9.17) is 0 Å². The maximum atomic E-state index is 12.7. The van der Waals surface area contributed by atoms with E-state index in [1.165, 1.54) is 0 Å². The predicted octanol–water partition coefficient (Wildman–Crippen LogP) is 0.630. The molecule has 1 aromatic rings. The van der Waals surface area contributed by atoms with Crippen molar-refractivity contribution >= 4 is 10.1 Å². The summed E-state index contributed by atoms with van der Waals surface area (Å²) in [5.74, 6) is 0. The Balaban J connectivity index is 3.63. The molecule has 0 aliphatic carbocycles. The monoisotopic (exact) mass is 245 g/mol. The Labute approximate surface area is 81.5 Å². The second kappa shape index (κ2) is 3.42. The number of rotatable bonds is 1. The lowest BCUT2D eigenvalue weighted by molar-refractivity contribution is -0.875. The van der Waals surface area contributed by atoms with Gasteiger partial charge in [0, 0.05) is 10.9 Å². The molecule has 0 saturated heterocycles. The second-order valence-corrected chi connectivity index (χ2v) is 3.79. The van der Waals surface area contributed by atoms with Gasteiger partial charge in [-0.25, -0.2) is 8.42 Å². The van der Waals surface area contributed by atoms with Gasteiger partial charge in [0.25, 0.3) is 0 Å². The van der Waals surface area contributed by atoms with E-state index in [0.29, 0.717) is 18.3 Å². The fraction of sp³-hybridized carbons (Fsp3) is 0.167. The van der Waals surface area contributed by atoms with Gasteiger partial charge in [0.1, 0.15) is 5.56 Å². The van der Waals surface area contributed by atoms with Crippen molar-refractivity contribution in [1.29, 1.82) is 0 Å². The van der Waals surface area contributed by atoms with Crippen LogP contribution in [0.4, 0.5) is 17.7 Å². The molecule has 0 radical (unpaired) electrons. The van der Waals surface area contributed by atoms with E-state index in [-0.39, 0.29) is 0 Å². The summed E-state index contributed by atoms with van der Waals surface area (Å²) in [6.07, 6.45) is -4.72. The highest BCUT2D eigenvalue weighted by molar-refractivity contribution is 7.85. The smallest absolute Gasteiger partial charge is 0.423 e. The van der Waals surface area contributed by atoms with Crippen LogP contribution < -0.4 is 4.79 Å². The summed E-state index contributed by atoms with van der Waals surface area (Å²) in [6, 6.07) is 0.943. The number of hydrogen-bond acceptors (Lipinski definition) is 3. The molecule has 1 aromatic heterocycles. The Morgan fingerprint density at radius 1 is 1.33 bits per heavy atom. The third kappa shape index (κ3) is 2.42. The summed E-state index contributed by atoms with van der Waals surface area (Å²) in [5.41, 5.74) is -1.83. The summed E-state index contributed by atoms with van der Waals surface area (Å²) in [6.45, 7) is 0. The molecule has 0 fully saturated rings. The molecule has 0 bridgehead atoms. The molecule has 84 valence electrons. The molecule has 0 amide bonds. The van der Waals surface area contributed by atoms with E-state index in [0.717, 1.165) is 0 Å². The highest BCUT2D eigenvalue weighted by Crippen LogP contribution is 2.32. The van der Waals surface area contributed by atoms with Crippen LogP contribution in [-0.2, 0) is 16.3 Å². The molecule has 0 aliphatic heterocycles. The number of alkyl halides is 3. The van der Waals surface area contributed by atoms with Gasteiger partial charge in [0.2, 0.25) is 6.20 Å². The van der Waals surface area contributed by atoms with Crippen molar-refractivity contribution < 1.29 is 35.4 Å². The lowest BCUT2D eigenvalue weighted by Gasteiger charge is -2.09. The van der Waals surface area contributed by atoms with Crippen LogP contribution in [-0.4, -0.2) is 13.0 Å². The molecule has 0 unspecified atom stereocenters. The zero-order valence-corrected chi connectivity index (χ0v) is 7.64. The van der Waals surface area contributed by atoms with Gasteiger partial charge in [-0.2, -0.15) is 13.2 Å². The minimum atomic E-state index is -5.53. The molecule has 4 nitrogen and oxygen atoms in total. The molecule has 9 heteroatoms. The predicted molar refractivity (Wildman–Crippen MR) is 36.1 cm³/mol. The average Bonchev–Trinajstić information content (AvgIpc) is 1.99. The number of aromatic nitrogens is 1. The van der Waals surface area contributed by atoms with Crippen molar-refractivity contribution in [1.82, 2.24) is 0 Å². The van der Waals surface area contributed by atoms with Crippen molar-refractivity contribution in [2.24, 2.45) is 0 Å². The van der Waals surface area contributed by atoms with E-state index in [2.05, 4.69) is 0 Å². The van der Waals surface area contributed by atoms with Crippen molar-refractivity contribution in [2.45, 2.75) is 11.2 Å². The van der Waals surface area contributed by atoms with Gasteiger partial charge in [-0.3, -0.25) is 0 Å². The Morgan fingerprint density at radius 3 is 2.20 bits per heavy atom. The highest BCUT2D eigenvalue weighted by atomic mass is 32.2. The van der Waals surface area contributed by atoms with Crippen molar-refractivity contribution in [3.8, 4) is 0 Å². The Kier molecular flexibility index (Phi) is 2.70. The first-order chi connectivity index (χ1) is 6.64. The standard InChI is InChI=1S/C6H3F4NO3S/c7-6(8,9)4-2-1-3-11(10)5(4)15(12,13)14/h1-3H. The minimum Gasteiger partial charge on any atom is -0.739 e. The van der Waals surface area contributed by atoms with Crippen LogP contribution in [0.2, 0.25) is 0 Å². The molecule has 15 heavy (non-hydrogen) atoms. The maximum Gasteiger partial charge on any atom is 0.423 e. The molecule has 0 saturated carbocycles. The molecular weight excluding hydrogens is 242 g/mol. The van der Waals surface area contributed by atoms with Gasteiger partial charge >= 0.3 is 11.2 Å². The van der Waals surface area contributed by atoms with Gasteiger partial charge in [-0.15, -0.1) is 0 Å². The Hall–Kier alpha value is -1.22. The van der Waals surface area contributed by atoms with E-state index < -0.39 is 31.7 Å². The van der Waals surface area contributed by atoms with Crippen LogP contribution in [0.15, 0.2) is 23.4 Å². The molecule has 0 spiro atoms. The van der Waals surface area contributed by atoms with Crippen LogP contribution in [0, 0.1) is 0 Å². The van der Waals surface area contributed by atoms with Gasteiger partial charge in [-0.1, -0.05) is 0 Å². The number of halogens is 4. The van der Waals surface area contributed by atoms with E-state index in [9.17, 15) is 30.6 Å². The molecule has 0 N–H and O–H groups in total. The lowest BCUT2D eigenvalue weighted by Crippen LogP contribution is -2.34. The van der Waals surface area contributed by atoms with E-state index in [1.807, 2.05) is 0 Å². The molecule has 0 aliphatic rings. The molecule has 0 aromatic carbocycles. The Morgan fingerprint density at radius 2 is 1.87 bits per heavy atom. The molecule has 1 rings (SSSR count). The first-order valence-electron chi connectivity index (χ1n) is 3.38. The quantitative estimate of drug-likeness (QED) is 0.538. The average molecular weight is 245 g/mol. The topological polar surface area (TPSA) is 61.1 Å². The zero-order chi connectivity index (χ0) is 11.9. The third-order valence-corrected chi connectivity index (χ3v) is 2.31. The summed E-state index contributed by atoms with van der Waals surface area (Å²) < 4.78 is 80.5. The fourth-order valence-corrected chi connectivity index (χ4v) is 1.65. The van der Waals surface area contributed by atoms with Crippen molar-refractivity contribution in [2.75, 3.05) is 0 Å². The third-order valence-electron chi connectivity index (χ3n) is 1.45. The number of pyridine rings is 1. The summed E-state index contributed by atoms with van der Waals surface area (Å²) in [4.78, 5) is -0.870. The minimum absolute atomic E-state index is 0.306. The fourth-order valence-electron chi connectivity index (χ4n) is 0.926.